The van der Waals surface area contributed by atoms with Gasteiger partial charge in [0.25, 0.3) is 0 Å². The summed E-state index contributed by atoms with van der Waals surface area (Å²) in [7, 11) is 0. The van der Waals surface area contributed by atoms with Crippen LogP contribution in [0.15, 0.2) is 0 Å². The van der Waals surface area contributed by atoms with E-state index in [0.717, 1.165) is 5.92 Å². The lowest BCUT2D eigenvalue weighted by molar-refractivity contribution is 0.298. The van der Waals surface area contributed by atoms with Crippen molar-refractivity contribution >= 4 is 0 Å². The SMILES string of the molecule is CCCCCCCCCCCCCCCC1CCCC(N)C1. The third-order valence-corrected chi connectivity index (χ3v) is 5.54. The third-order valence-electron chi connectivity index (χ3n) is 5.54. The Hall–Kier alpha value is -0.0400. The molecule has 0 aromatic heterocycles. The molecule has 1 saturated carbocycles. The van der Waals surface area contributed by atoms with Gasteiger partial charge in [-0.25, -0.2) is 0 Å². The molecule has 132 valence electrons. The maximum absolute atomic E-state index is 6.07. The second kappa shape index (κ2) is 14.5. The molecule has 0 radical (unpaired) electrons. The molecule has 0 saturated heterocycles. The Morgan fingerprint density at radius 3 is 1.68 bits per heavy atom. The van der Waals surface area contributed by atoms with Crippen LogP contribution in [-0.2, 0) is 0 Å². The van der Waals surface area contributed by atoms with Crippen LogP contribution in [0.4, 0.5) is 0 Å². The summed E-state index contributed by atoms with van der Waals surface area (Å²) in [5.74, 6) is 0.955. The van der Waals surface area contributed by atoms with Crippen LogP contribution in [0.3, 0.4) is 0 Å². The molecule has 0 amide bonds. The largest absolute Gasteiger partial charge is 0.328 e. The van der Waals surface area contributed by atoms with E-state index in [2.05, 4.69) is 6.92 Å². The van der Waals surface area contributed by atoms with E-state index in [-0.39, 0.29) is 0 Å². The predicted molar refractivity (Wildman–Crippen MR) is 100 cm³/mol. The number of hydrogen-bond acceptors (Lipinski definition) is 1. The minimum atomic E-state index is 0.515. The van der Waals surface area contributed by atoms with E-state index in [9.17, 15) is 0 Å². The van der Waals surface area contributed by atoms with Gasteiger partial charge in [-0.15, -0.1) is 0 Å². The molecule has 1 aliphatic carbocycles. The quantitative estimate of drug-likeness (QED) is 0.344. The zero-order chi connectivity index (χ0) is 15.9. The second-order valence-electron chi connectivity index (χ2n) is 7.82. The zero-order valence-electron chi connectivity index (χ0n) is 15.5. The van der Waals surface area contributed by atoms with Crippen molar-refractivity contribution in [3.8, 4) is 0 Å². The van der Waals surface area contributed by atoms with Crippen molar-refractivity contribution in [2.45, 2.75) is 129 Å². The van der Waals surface area contributed by atoms with Gasteiger partial charge in [0.05, 0.1) is 0 Å². The van der Waals surface area contributed by atoms with Gasteiger partial charge in [0.1, 0.15) is 0 Å². The molecule has 2 unspecified atom stereocenters. The molecule has 0 aliphatic heterocycles. The first-order valence-electron chi connectivity index (χ1n) is 10.6. The Morgan fingerprint density at radius 1 is 0.682 bits per heavy atom. The molecule has 1 heteroatoms. The molecule has 0 aromatic carbocycles. The van der Waals surface area contributed by atoms with Gasteiger partial charge in [-0.3, -0.25) is 0 Å². The summed E-state index contributed by atoms with van der Waals surface area (Å²) in [6.07, 6.45) is 25.8. The summed E-state index contributed by atoms with van der Waals surface area (Å²) < 4.78 is 0. The van der Waals surface area contributed by atoms with Crippen molar-refractivity contribution < 1.29 is 0 Å². The van der Waals surface area contributed by atoms with Crippen LogP contribution in [0, 0.1) is 5.92 Å². The summed E-state index contributed by atoms with van der Waals surface area (Å²) in [6.45, 7) is 2.30. The van der Waals surface area contributed by atoms with Crippen LogP contribution in [0.1, 0.15) is 122 Å². The highest BCUT2D eigenvalue weighted by atomic mass is 14.6. The van der Waals surface area contributed by atoms with Gasteiger partial charge in [-0.05, 0) is 18.8 Å². The Kier molecular flexibility index (Phi) is 13.2. The second-order valence-corrected chi connectivity index (χ2v) is 7.82. The normalized spacial score (nSPS) is 22.1. The minimum absolute atomic E-state index is 0.515. The standard InChI is InChI=1S/C21H43N/c1-2-3-4-5-6-7-8-9-10-11-12-13-14-16-20-17-15-18-21(22)19-20/h20-21H,2-19,22H2,1H3. The summed E-state index contributed by atoms with van der Waals surface area (Å²) >= 11 is 0. The maximum atomic E-state index is 6.07. The molecule has 2 N–H and O–H groups in total. The average molecular weight is 310 g/mol. The number of hydrogen-bond donors (Lipinski definition) is 1. The monoisotopic (exact) mass is 309 g/mol. The highest BCUT2D eigenvalue weighted by molar-refractivity contribution is 4.74. The van der Waals surface area contributed by atoms with E-state index < -0.39 is 0 Å². The van der Waals surface area contributed by atoms with Crippen LogP contribution >= 0.6 is 0 Å². The molecular weight excluding hydrogens is 266 g/mol. The summed E-state index contributed by atoms with van der Waals surface area (Å²) in [6, 6.07) is 0.515. The lowest BCUT2D eigenvalue weighted by atomic mass is 9.83. The van der Waals surface area contributed by atoms with Crippen molar-refractivity contribution in [3.05, 3.63) is 0 Å². The van der Waals surface area contributed by atoms with Gasteiger partial charge in [-0.2, -0.15) is 0 Å². The van der Waals surface area contributed by atoms with Crippen LogP contribution in [0.25, 0.3) is 0 Å². The fraction of sp³-hybridized carbons (Fsp3) is 1.00. The van der Waals surface area contributed by atoms with E-state index in [4.69, 9.17) is 5.73 Å². The molecule has 22 heavy (non-hydrogen) atoms. The van der Waals surface area contributed by atoms with Crippen molar-refractivity contribution in [3.63, 3.8) is 0 Å². The van der Waals surface area contributed by atoms with Crippen molar-refractivity contribution in [1.29, 1.82) is 0 Å². The van der Waals surface area contributed by atoms with Gasteiger partial charge in [-0.1, -0.05) is 110 Å². The Morgan fingerprint density at radius 2 is 1.18 bits per heavy atom. The molecule has 1 fully saturated rings. The highest BCUT2D eigenvalue weighted by Crippen LogP contribution is 2.27. The zero-order valence-corrected chi connectivity index (χ0v) is 15.5. The number of unbranched alkanes of at least 4 members (excludes halogenated alkanes) is 12. The molecule has 2 atom stereocenters. The Labute approximate surface area is 140 Å². The van der Waals surface area contributed by atoms with Gasteiger partial charge in [0.15, 0.2) is 0 Å². The van der Waals surface area contributed by atoms with Crippen LogP contribution in [0.5, 0.6) is 0 Å². The van der Waals surface area contributed by atoms with Gasteiger partial charge in [0.2, 0.25) is 0 Å². The van der Waals surface area contributed by atoms with Crippen LogP contribution in [0.2, 0.25) is 0 Å². The first kappa shape index (κ1) is 20.0. The maximum Gasteiger partial charge on any atom is 0.00414 e. The summed E-state index contributed by atoms with van der Waals surface area (Å²) in [5.41, 5.74) is 6.07. The van der Waals surface area contributed by atoms with Crippen molar-refractivity contribution in [1.82, 2.24) is 0 Å². The van der Waals surface area contributed by atoms with Gasteiger partial charge in [0, 0.05) is 6.04 Å². The van der Waals surface area contributed by atoms with E-state index in [1.165, 1.54) is 116 Å². The molecule has 1 aliphatic rings. The lowest BCUT2D eigenvalue weighted by Gasteiger charge is -2.26. The van der Waals surface area contributed by atoms with Crippen molar-refractivity contribution in [2.24, 2.45) is 11.7 Å². The van der Waals surface area contributed by atoms with Gasteiger partial charge >= 0.3 is 0 Å². The fourth-order valence-electron chi connectivity index (χ4n) is 4.05. The first-order valence-corrected chi connectivity index (χ1v) is 10.6. The number of nitrogens with two attached hydrogens (primary N) is 1. The average Bonchev–Trinajstić information content (AvgIpc) is 2.52. The lowest BCUT2D eigenvalue weighted by Crippen LogP contribution is -2.27. The van der Waals surface area contributed by atoms with E-state index >= 15 is 0 Å². The smallest absolute Gasteiger partial charge is 0.00414 e. The summed E-state index contributed by atoms with van der Waals surface area (Å²) in [4.78, 5) is 0. The highest BCUT2D eigenvalue weighted by Gasteiger charge is 2.18. The fourth-order valence-corrected chi connectivity index (χ4v) is 4.05. The van der Waals surface area contributed by atoms with Crippen LogP contribution in [-0.4, -0.2) is 6.04 Å². The van der Waals surface area contributed by atoms with E-state index in [1.54, 1.807) is 0 Å². The third kappa shape index (κ3) is 11.5. The molecule has 0 bridgehead atoms. The Balaban J connectivity index is 1.73. The summed E-state index contributed by atoms with van der Waals surface area (Å²) in [5, 5.41) is 0. The number of rotatable bonds is 14. The van der Waals surface area contributed by atoms with E-state index in [1.807, 2.05) is 0 Å². The van der Waals surface area contributed by atoms with E-state index in [0.29, 0.717) is 6.04 Å². The minimum Gasteiger partial charge on any atom is -0.328 e. The molecular formula is C21H43N. The van der Waals surface area contributed by atoms with Gasteiger partial charge < -0.3 is 5.73 Å². The molecule has 0 aromatic rings. The Bertz CT molecular complexity index is 226. The molecule has 1 rings (SSSR count). The topological polar surface area (TPSA) is 26.0 Å². The molecule has 1 nitrogen and oxygen atoms in total. The molecule has 0 heterocycles. The predicted octanol–water partition coefficient (Wildman–Crippen LogP) is 6.99. The van der Waals surface area contributed by atoms with Crippen LogP contribution < -0.4 is 5.73 Å². The molecule has 0 spiro atoms. The van der Waals surface area contributed by atoms with Crippen molar-refractivity contribution in [2.75, 3.05) is 0 Å². The first-order chi connectivity index (χ1) is 10.8.